The number of aromatic nitrogens is 3. The number of hydrogen-bond donors (Lipinski definition) is 2. The second-order valence-electron chi connectivity index (χ2n) is 7.98. The molecule has 5 rings (SSSR count). The predicted molar refractivity (Wildman–Crippen MR) is 112 cm³/mol. The molecule has 2 aliphatic rings. The van der Waals surface area contributed by atoms with Gasteiger partial charge in [0.1, 0.15) is 5.69 Å². The maximum Gasteiger partial charge on any atom is 0.274 e. The topological polar surface area (TPSA) is 82.8 Å². The van der Waals surface area contributed by atoms with E-state index in [-0.39, 0.29) is 18.0 Å². The molecule has 1 fully saturated rings. The predicted octanol–water partition coefficient (Wildman–Crippen LogP) is 2.09. The Hall–Kier alpha value is -2.29. The number of piperidine rings is 1. The molecule has 2 aromatic heterocycles. The van der Waals surface area contributed by atoms with Crippen LogP contribution < -0.4 is 5.32 Å². The number of carbonyl (C=O) groups is 1. The summed E-state index contributed by atoms with van der Waals surface area (Å²) in [7, 11) is 0. The minimum absolute atomic E-state index is 0.172. The molecule has 0 aliphatic carbocycles. The van der Waals surface area contributed by atoms with Crippen LogP contribution in [0.2, 0.25) is 0 Å². The summed E-state index contributed by atoms with van der Waals surface area (Å²) in [6.07, 6.45) is 4.38. The lowest BCUT2D eigenvalue weighted by molar-refractivity contribution is -0.0140. The van der Waals surface area contributed by atoms with Crippen LogP contribution in [0.25, 0.3) is 5.78 Å². The van der Waals surface area contributed by atoms with Gasteiger partial charge in [0.15, 0.2) is 0 Å². The number of β-amino-alcohol motifs (C(OH)–C–C–N with tert-alkyl or cyclic N) is 1. The van der Waals surface area contributed by atoms with Gasteiger partial charge in [0.25, 0.3) is 5.91 Å². The first-order valence-electron chi connectivity index (χ1n) is 9.76. The van der Waals surface area contributed by atoms with E-state index in [0.717, 1.165) is 23.1 Å². The normalized spacial score (nSPS) is 24.1. The number of aliphatic hydroxyl groups is 1. The Kier molecular flexibility index (Phi) is 4.45. The highest BCUT2D eigenvalue weighted by molar-refractivity contribution is 9.10. The summed E-state index contributed by atoms with van der Waals surface area (Å²) in [6.45, 7) is 3.50. The molecule has 1 amide bonds. The monoisotopic (exact) mass is 455 g/mol. The first kappa shape index (κ1) is 18.7. The van der Waals surface area contributed by atoms with Crippen molar-refractivity contribution in [2.75, 3.05) is 13.1 Å². The first-order chi connectivity index (χ1) is 13.9. The third-order valence-electron chi connectivity index (χ3n) is 6.20. The number of likely N-dealkylation sites (tertiary alicyclic amines) is 1. The van der Waals surface area contributed by atoms with Crippen LogP contribution in [-0.4, -0.2) is 55.0 Å². The van der Waals surface area contributed by atoms with Crippen molar-refractivity contribution in [2.45, 2.75) is 38.0 Å². The summed E-state index contributed by atoms with van der Waals surface area (Å²) in [6, 6.07) is 8.34. The molecule has 1 saturated heterocycles. The fourth-order valence-corrected chi connectivity index (χ4v) is 4.70. The van der Waals surface area contributed by atoms with Crippen molar-refractivity contribution >= 4 is 27.6 Å². The Morgan fingerprint density at radius 2 is 2.07 bits per heavy atom. The lowest BCUT2D eigenvalue weighted by atomic mass is 9.76. The zero-order chi connectivity index (χ0) is 20.2. The quantitative estimate of drug-likeness (QED) is 0.586. The summed E-state index contributed by atoms with van der Waals surface area (Å²) in [5.41, 5.74) is 3.34. The molecular formula is C21H22BrN5O2. The van der Waals surface area contributed by atoms with E-state index < -0.39 is 6.10 Å². The van der Waals surface area contributed by atoms with Crippen LogP contribution in [-0.2, 0) is 13.0 Å². The van der Waals surface area contributed by atoms with E-state index in [9.17, 15) is 9.90 Å². The molecule has 2 aliphatic heterocycles. The van der Waals surface area contributed by atoms with Gasteiger partial charge >= 0.3 is 0 Å². The van der Waals surface area contributed by atoms with E-state index in [2.05, 4.69) is 43.3 Å². The molecule has 2 unspecified atom stereocenters. The number of nitrogens with one attached hydrogen (secondary N) is 1. The van der Waals surface area contributed by atoms with Gasteiger partial charge in [-0.25, -0.2) is 9.97 Å². The van der Waals surface area contributed by atoms with Crippen LogP contribution in [0.15, 0.2) is 41.1 Å². The van der Waals surface area contributed by atoms with Crippen LogP contribution in [0.1, 0.15) is 33.7 Å². The Bertz CT molecular complexity index is 1070. The molecule has 3 aromatic rings. The highest BCUT2D eigenvalue weighted by atomic mass is 79.9. The maximum absolute atomic E-state index is 13.0. The van der Waals surface area contributed by atoms with E-state index in [4.69, 9.17) is 0 Å². The van der Waals surface area contributed by atoms with Gasteiger partial charge < -0.3 is 15.3 Å². The van der Waals surface area contributed by atoms with E-state index in [1.165, 1.54) is 11.1 Å². The number of benzene rings is 1. The molecule has 1 spiro atoms. The van der Waals surface area contributed by atoms with Gasteiger partial charge in [-0.2, -0.15) is 0 Å². The summed E-state index contributed by atoms with van der Waals surface area (Å²) in [5.74, 6) is 0.322. The summed E-state index contributed by atoms with van der Waals surface area (Å²) < 4.78 is 2.60. The number of fused-ring (bicyclic) bond motifs is 2. The van der Waals surface area contributed by atoms with Crippen molar-refractivity contribution in [1.29, 1.82) is 0 Å². The fourth-order valence-electron chi connectivity index (χ4n) is 4.39. The third-order valence-corrected chi connectivity index (χ3v) is 6.98. The zero-order valence-electron chi connectivity index (χ0n) is 16.1. The average Bonchev–Trinajstić information content (AvgIpc) is 3.12. The van der Waals surface area contributed by atoms with Gasteiger partial charge in [0, 0.05) is 32.0 Å². The Balaban J connectivity index is 1.35. The van der Waals surface area contributed by atoms with Gasteiger partial charge in [-0.05, 0) is 46.8 Å². The number of hydrogen-bond acceptors (Lipinski definition) is 5. The third kappa shape index (κ3) is 3.15. The van der Waals surface area contributed by atoms with E-state index in [0.29, 0.717) is 24.4 Å². The number of halogens is 1. The molecule has 8 heteroatoms. The summed E-state index contributed by atoms with van der Waals surface area (Å²) in [4.78, 5) is 23.5. The van der Waals surface area contributed by atoms with Crippen LogP contribution in [0.3, 0.4) is 0 Å². The molecule has 2 atom stereocenters. The highest BCUT2D eigenvalue weighted by Gasteiger charge is 2.45. The van der Waals surface area contributed by atoms with Crippen molar-refractivity contribution in [1.82, 2.24) is 24.6 Å². The van der Waals surface area contributed by atoms with Crippen molar-refractivity contribution < 1.29 is 9.90 Å². The molecular weight excluding hydrogens is 434 g/mol. The largest absolute Gasteiger partial charge is 0.389 e. The van der Waals surface area contributed by atoms with Crippen LogP contribution >= 0.6 is 15.9 Å². The molecule has 1 aromatic carbocycles. The summed E-state index contributed by atoms with van der Waals surface area (Å²) in [5, 5.41) is 14.5. The van der Waals surface area contributed by atoms with Crippen molar-refractivity contribution in [2.24, 2.45) is 0 Å². The zero-order valence-corrected chi connectivity index (χ0v) is 17.7. The second kappa shape index (κ2) is 6.90. The van der Waals surface area contributed by atoms with Crippen molar-refractivity contribution in [3.05, 3.63) is 63.6 Å². The van der Waals surface area contributed by atoms with Gasteiger partial charge in [-0.3, -0.25) is 9.20 Å². The lowest BCUT2D eigenvalue weighted by Gasteiger charge is -2.48. The summed E-state index contributed by atoms with van der Waals surface area (Å²) >= 11 is 3.45. The number of aliphatic hydroxyl groups excluding tert-OH is 1. The minimum atomic E-state index is -0.639. The van der Waals surface area contributed by atoms with Crippen molar-refractivity contribution in [3.8, 4) is 0 Å². The SMILES string of the molecule is Cc1nc2nc(C(=O)N3CCC4(Cc5ccccc5CN4)C(O)C3)cn2cc1Br. The molecule has 29 heavy (non-hydrogen) atoms. The van der Waals surface area contributed by atoms with Crippen LogP contribution in [0.5, 0.6) is 0 Å². The highest BCUT2D eigenvalue weighted by Crippen LogP contribution is 2.32. The molecule has 150 valence electrons. The Morgan fingerprint density at radius 3 is 2.86 bits per heavy atom. The number of carbonyl (C=O) groups excluding carboxylic acids is 1. The molecule has 7 nitrogen and oxygen atoms in total. The average molecular weight is 456 g/mol. The lowest BCUT2D eigenvalue weighted by Crippen LogP contribution is -2.65. The van der Waals surface area contributed by atoms with Crippen LogP contribution in [0.4, 0.5) is 0 Å². The molecule has 2 N–H and O–H groups in total. The van der Waals surface area contributed by atoms with Gasteiger partial charge in [0.2, 0.25) is 5.78 Å². The van der Waals surface area contributed by atoms with Gasteiger partial charge in [-0.1, -0.05) is 24.3 Å². The van der Waals surface area contributed by atoms with Gasteiger partial charge in [0.05, 0.1) is 21.8 Å². The minimum Gasteiger partial charge on any atom is -0.389 e. The smallest absolute Gasteiger partial charge is 0.274 e. The number of aryl methyl sites for hydroxylation is 1. The van der Waals surface area contributed by atoms with Crippen LogP contribution in [0, 0.1) is 6.92 Å². The maximum atomic E-state index is 13.0. The number of imidazole rings is 1. The van der Waals surface area contributed by atoms with Gasteiger partial charge in [-0.15, -0.1) is 0 Å². The number of amides is 1. The Labute approximate surface area is 176 Å². The first-order valence-corrected chi connectivity index (χ1v) is 10.6. The van der Waals surface area contributed by atoms with E-state index >= 15 is 0 Å². The Morgan fingerprint density at radius 1 is 1.28 bits per heavy atom. The number of rotatable bonds is 1. The standard InChI is InChI=1S/C21H22BrN5O2/c1-13-16(22)10-27-11-17(25-20(27)24-13)19(29)26-7-6-21(18(28)12-26)8-14-4-2-3-5-15(14)9-23-21/h2-5,10-11,18,23,28H,6-9,12H2,1H3. The fraction of sp³-hybridized carbons (Fsp3) is 0.381. The van der Waals surface area contributed by atoms with E-state index in [1.807, 2.05) is 25.3 Å². The number of nitrogens with zero attached hydrogens (tertiary/aromatic N) is 4. The molecule has 0 bridgehead atoms. The molecule has 4 heterocycles. The van der Waals surface area contributed by atoms with E-state index in [1.54, 1.807) is 15.5 Å². The second-order valence-corrected chi connectivity index (χ2v) is 8.83. The molecule has 0 radical (unpaired) electrons. The molecule has 0 saturated carbocycles. The van der Waals surface area contributed by atoms with Crippen molar-refractivity contribution in [3.63, 3.8) is 0 Å².